The van der Waals surface area contributed by atoms with E-state index in [2.05, 4.69) is 73.4 Å². The lowest BCUT2D eigenvalue weighted by Gasteiger charge is -2.23. The molecule has 0 amide bonds. The Morgan fingerprint density at radius 3 is 2.29 bits per heavy atom. The molecular formula is C18H27N3. The van der Waals surface area contributed by atoms with Crippen molar-refractivity contribution in [3.8, 4) is 0 Å². The summed E-state index contributed by atoms with van der Waals surface area (Å²) >= 11 is 0. The highest BCUT2D eigenvalue weighted by atomic mass is 15.1. The van der Waals surface area contributed by atoms with Crippen molar-refractivity contribution in [2.45, 2.75) is 20.4 Å². The lowest BCUT2D eigenvalue weighted by molar-refractivity contribution is 0.296. The van der Waals surface area contributed by atoms with Crippen molar-refractivity contribution in [2.75, 3.05) is 44.4 Å². The third-order valence-electron chi connectivity index (χ3n) is 4.13. The molecule has 0 saturated carbocycles. The van der Waals surface area contributed by atoms with E-state index < -0.39 is 0 Å². The average Bonchev–Trinajstić information content (AvgIpc) is 2.51. The van der Waals surface area contributed by atoms with E-state index in [0.29, 0.717) is 0 Å². The first-order chi connectivity index (χ1) is 10.1. The highest BCUT2D eigenvalue weighted by Crippen LogP contribution is 2.35. The summed E-state index contributed by atoms with van der Waals surface area (Å²) in [5, 5.41) is 6.03. The van der Waals surface area contributed by atoms with Gasteiger partial charge >= 0.3 is 0 Å². The second-order valence-corrected chi connectivity index (χ2v) is 5.58. The minimum atomic E-state index is 0.987. The predicted molar refractivity (Wildman–Crippen MR) is 94.4 cm³/mol. The van der Waals surface area contributed by atoms with E-state index in [-0.39, 0.29) is 0 Å². The number of benzene rings is 2. The Kier molecular flexibility index (Phi) is 5.07. The van der Waals surface area contributed by atoms with Crippen molar-refractivity contribution in [1.82, 2.24) is 4.90 Å². The largest absolute Gasteiger partial charge is 0.387 e. The lowest BCUT2D eigenvalue weighted by atomic mass is 10.0. The smallest absolute Gasteiger partial charge is 0.0484 e. The molecule has 114 valence electrons. The van der Waals surface area contributed by atoms with Crippen LogP contribution in [0, 0.1) is 0 Å². The number of anilines is 2. The summed E-state index contributed by atoms with van der Waals surface area (Å²) in [6.07, 6.45) is 0. The summed E-state index contributed by atoms with van der Waals surface area (Å²) in [7, 11) is 6.23. The number of fused-ring (bicyclic) bond motifs is 1. The summed E-state index contributed by atoms with van der Waals surface area (Å²) in [5.41, 5.74) is 3.88. The van der Waals surface area contributed by atoms with Crippen molar-refractivity contribution in [3.63, 3.8) is 0 Å². The molecule has 0 unspecified atom stereocenters. The molecular weight excluding hydrogens is 258 g/mol. The second-order valence-electron chi connectivity index (χ2n) is 5.58. The molecule has 0 heterocycles. The zero-order chi connectivity index (χ0) is 15.4. The monoisotopic (exact) mass is 285 g/mol. The minimum Gasteiger partial charge on any atom is -0.387 e. The van der Waals surface area contributed by atoms with E-state index in [9.17, 15) is 0 Å². The second kappa shape index (κ2) is 6.81. The molecule has 2 aromatic carbocycles. The van der Waals surface area contributed by atoms with Gasteiger partial charge in [0.2, 0.25) is 0 Å². The molecule has 0 aliphatic heterocycles. The first-order valence-corrected chi connectivity index (χ1v) is 7.74. The van der Waals surface area contributed by atoms with Crippen LogP contribution in [0.15, 0.2) is 30.3 Å². The number of hydrogen-bond donors (Lipinski definition) is 1. The average molecular weight is 285 g/mol. The van der Waals surface area contributed by atoms with Gasteiger partial charge in [0.25, 0.3) is 0 Å². The van der Waals surface area contributed by atoms with Crippen molar-refractivity contribution in [1.29, 1.82) is 0 Å². The highest BCUT2D eigenvalue weighted by Gasteiger charge is 2.13. The number of nitrogens with zero attached hydrogens (tertiary/aromatic N) is 2. The summed E-state index contributed by atoms with van der Waals surface area (Å²) in [6, 6.07) is 11.0. The van der Waals surface area contributed by atoms with Crippen LogP contribution in [0.25, 0.3) is 10.8 Å². The maximum Gasteiger partial charge on any atom is 0.0484 e. The molecule has 0 spiro atoms. The van der Waals surface area contributed by atoms with Gasteiger partial charge in [0, 0.05) is 44.4 Å². The van der Waals surface area contributed by atoms with Crippen molar-refractivity contribution >= 4 is 22.1 Å². The molecule has 0 radical (unpaired) electrons. The minimum absolute atomic E-state index is 0.987. The molecule has 2 aromatic rings. The molecule has 0 aromatic heterocycles. The molecule has 3 nitrogen and oxygen atoms in total. The fourth-order valence-corrected chi connectivity index (χ4v) is 2.88. The third-order valence-corrected chi connectivity index (χ3v) is 4.13. The molecule has 0 saturated heterocycles. The fourth-order valence-electron chi connectivity index (χ4n) is 2.88. The van der Waals surface area contributed by atoms with Crippen molar-refractivity contribution < 1.29 is 0 Å². The van der Waals surface area contributed by atoms with E-state index in [0.717, 1.165) is 19.6 Å². The molecule has 0 atom stereocenters. The number of nitrogens with one attached hydrogen (secondary N) is 1. The van der Waals surface area contributed by atoms with Crippen molar-refractivity contribution in [2.24, 2.45) is 0 Å². The molecule has 21 heavy (non-hydrogen) atoms. The highest BCUT2D eigenvalue weighted by molar-refractivity contribution is 6.04. The molecule has 3 heteroatoms. The van der Waals surface area contributed by atoms with Gasteiger partial charge in [-0.2, -0.15) is 0 Å². The SMILES string of the molecule is CCN(CC)Cc1ccc2cccc(N(C)C)c2c1NC. The first kappa shape index (κ1) is 15.6. The Balaban J connectivity index is 2.60. The van der Waals surface area contributed by atoms with Crippen LogP contribution < -0.4 is 10.2 Å². The summed E-state index contributed by atoms with van der Waals surface area (Å²) in [4.78, 5) is 4.63. The van der Waals surface area contributed by atoms with Gasteiger partial charge in [0.1, 0.15) is 0 Å². The Hall–Kier alpha value is -1.74. The van der Waals surface area contributed by atoms with Gasteiger partial charge in [0.15, 0.2) is 0 Å². The van der Waals surface area contributed by atoms with E-state index in [1.165, 1.54) is 27.7 Å². The van der Waals surface area contributed by atoms with Crippen LogP contribution >= 0.6 is 0 Å². The summed E-state index contributed by atoms with van der Waals surface area (Å²) in [6.45, 7) is 7.57. The predicted octanol–water partition coefficient (Wildman–Crippen LogP) is 3.79. The number of hydrogen-bond acceptors (Lipinski definition) is 3. The van der Waals surface area contributed by atoms with Crippen LogP contribution in [-0.4, -0.2) is 39.1 Å². The molecule has 0 bridgehead atoms. The molecule has 0 aliphatic carbocycles. The van der Waals surface area contributed by atoms with E-state index >= 15 is 0 Å². The van der Waals surface area contributed by atoms with E-state index in [4.69, 9.17) is 0 Å². The zero-order valence-electron chi connectivity index (χ0n) is 13.9. The number of rotatable bonds is 6. The van der Waals surface area contributed by atoms with Gasteiger partial charge in [-0.05, 0) is 30.1 Å². The van der Waals surface area contributed by atoms with Crippen LogP contribution in [0.3, 0.4) is 0 Å². The van der Waals surface area contributed by atoms with Gasteiger partial charge < -0.3 is 10.2 Å². The fraction of sp³-hybridized carbons (Fsp3) is 0.444. The Bertz CT molecular complexity index is 601. The van der Waals surface area contributed by atoms with Gasteiger partial charge in [-0.1, -0.05) is 38.1 Å². The molecule has 0 aliphatic rings. The Labute approximate surface area is 128 Å². The van der Waals surface area contributed by atoms with Gasteiger partial charge in [-0.25, -0.2) is 0 Å². The van der Waals surface area contributed by atoms with Gasteiger partial charge in [-0.15, -0.1) is 0 Å². The van der Waals surface area contributed by atoms with Crippen LogP contribution in [0.4, 0.5) is 11.4 Å². The standard InChI is InChI=1S/C18H27N3/c1-6-21(7-2)13-15-12-11-14-9-8-10-16(20(4)5)17(14)18(15)19-3/h8-12,19H,6-7,13H2,1-5H3. The van der Waals surface area contributed by atoms with Crippen LogP contribution in [-0.2, 0) is 6.54 Å². The van der Waals surface area contributed by atoms with E-state index in [1.54, 1.807) is 0 Å². The van der Waals surface area contributed by atoms with Crippen molar-refractivity contribution in [3.05, 3.63) is 35.9 Å². The van der Waals surface area contributed by atoms with Gasteiger partial charge in [0.05, 0.1) is 0 Å². The molecule has 2 rings (SSSR count). The van der Waals surface area contributed by atoms with Gasteiger partial charge in [-0.3, -0.25) is 4.90 Å². The van der Waals surface area contributed by atoms with Crippen LogP contribution in [0.2, 0.25) is 0 Å². The summed E-state index contributed by atoms with van der Waals surface area (Å²) < 4.78 is 0. The maximum atomic E-state index is 3.43. The quantitative estimate of drug-likeness (QED) is 0.871. The maximum absolute atomic E-state index is 3.43. The Morgan fingerprint density at radius 2 is 1.71 bits per heavy atom. The molecule has 1 N–H and O–H groups in total. The van der Waals surface area contributed by atoms with E-state index in [1.807, 2.05) is 7.05 Å². The normalized spacial score (nSPS) is 11.1. The van der Waals surface area contributed by atoms with Crippen LogP contribution in [0.5, 0.6) is 0 Å². The van der Waals surface area contributed by atoms with Crippen LogP contribution in [0.1, 0.15) is 19.4 Å². The topological polar surface area (TPSA) is 18.5 Å². The molecule has 0 fully saturated rings. The summed E-state index contributed by atoms with van der Waals surface area (Å²) in [5.74, 6) is 0. The third kappa shape index (κ3) is 3.13. The lowest BCUT2D eigenvalue weighted by Crippen LogP contribution is -2.22. The zero-order valence-corrected chi connectivity index (χ0v) is 13.9. The Morgan fingerprint density at radius 1 is 1.00 bits per heavy atom. The first-order valence-electron chi connectivity index (χ1n) is 7.74.